The molecule has 0 aliphatic heterocycles. The van der Waals surface area contributed by atoms with Crippen LogP contribution in [0.1, 0.15) is 44.4 Å². The highest BCUT2D eigenvalue weighted by Crippen LogP contribution is 2.36. The highest BCUT2D eigenvalue weighted by molar-refractivity contribution is 6.74. The summed E-state index contributed by atoms with van der Waals surface area (Å²) in [5.41, 5.74) is 7.84. The summed E-state index contributed by atoms with van der Waals surface area (Å²) in [5.74, 6) is 0. The van der Waals surface area contributed by atoms with E-state index >= 15 is 0 Å². The van der Waals surface area contributed by atoms with Gasteiger partial charge in [0.2, 0.25) is 0 Å². The lowest BCUT2D eigenvalue weighted by atomic mass is 10.0. The van der Waals surface area contributed by atoms with E-state index in [1.165, 1.54) is 0 Å². The zero-order valence-electron chi connectivity index (χ0n) is 13.2. The Bertz CT molecular complexity index is 486. The maximum absolute atomic E-state index is 8.91. The Kier molecular flexibility index (Phi) is 5.52. The minimum Gasteiger partial charge on any atom is -0.417 e. The molecule has 4 heteroatoms. The van der Waals surface area contributed by atoms with Gasteiger partial charge in [-0.1, -0.05) is 32.9 Å². The third-order valence-electron chi connectivity index (χ3n) is 4.14. The minimum atomic E-state index is -1.70. The number of hydrogen-bond acceptors (Lipinski definition) is 3. The van der Waals surface area contributed by atoms with E-state index in [-0.39, 0.29) is 11.1 Å². The second-order valence-electron chi connectivity index (χ2n) is 6.74. The van der Waals surface area contributed by atoms with Crippen molar-refractivity contribution in [3.05, 3.63) is 35.4 Å². The normalized spacial score (nSPS) is 13.8. The van der Waals surface area contributed by atoms with Crippen molar-refractivity contribution in [2.45, 2.75) is 51.4 Å². The summed E-state index contributed by atoms with van der Waals surface area (Å²) < 4.78 is 6.14. The smallest absolute Gasteiger partial charge is 0.191 e. The van der Waals surface area contributed by atoms with E-state index in [1.54, 1.807) is 6.07 Å². The van der Waals surface area contributed by atoms with E-state index in [4.69, 9.17) is 15.4 Å². The first kappa shape index (κ1) is 16.9. The van der Waals surface area contributed by atoms with Gasteiger partial charge in [-0.3, -0.25) is 0 Å². The van der Waals surface area contributed by atoms with Crippen LogP contribution in [0, 0.1) is 11.3 Å². The predicted octanol–water partition coefficient (Wildman–Crippen LogP) is 3.97. The number of nitrogens with zero attached hydrogens (tertiary/aromatic N) is 1. The van der Waals surface area contributed by atoms with Gasteiger partial charge in [-0.15, -0.1) is 0 Å². The molecule has 110 valence electrons. The predicted molar refractivity (Wildman–Crippen MR) is 85.9 cm³/mol. The molecule has 1 atom stereocenters. The van der Waals surface area contributed by atoms with Crippen molar-refractivity contribution < 1.29 is 4.43 Å². The van der Waals surface area contributed by atoms with Crippen LogP contribution in [0.4, 0.5) is 0 Å². The van der Waals surface area contributed by atoms with Crippen LogP contribution in [0.2, 0.25) is 18.1 Å². The van der Waals surface area contributed by atoms with E-state index in [1.807, 2.05) is 18.2 Å². The largest absolute Gasteiger partial charge is 0.417 e. The van der Waals surface area contributed by atoms with Gasteiger partial charge in [0, 0.05) is 12.6 Å². The molecule has 0 amide bonds. The maximum Gasteiger partial charge on any atom is 0.191 e. The van der Waals surface area contributed by atoms with Crippen molar-refractivity contribution in [3.63, 3.8) is 0 Å². The summed E-state index contributed by atoms with van der Waals surface area (Å²) >= 11 is 0. The van der Waals surface area contributed by atoms with Gasteiger partial charge in [0.05, 0.1) is 11.6 Å². The quantitative estimate of drug-likeness (QED) is 0.835. The summed E-state index contributed by atoms with van der Waals surface area (Å²) in [5, 5.41) is 9.13. The summed E-state index contributed by atoms with van der Waals surface area (Å²) in [6.45, 7) is 11.9. The standard InChI is InChI=1S/C16H26N2OSi/c1-16(2,3)20(4,5)19-10-9-15(18)14-8-6-7-13(11-14)12-17/h6-8,11,15H,9-10,18H2,1-5H3/t15-/m0/s1. The Morgan fingerprint density at radius 1 is 1.35 bits per heavy atom. The number of nitrogens with two attached hydrogens (primary N) is 1. The molecule has 1 aromatic rings. The van der Waals surface area contributed by atoms with Gasteiger partial charge >= 0.3 is 0 Å². The number of hydrogen-bond donors (Lipinski definition) is 1. The van der Waals surface area contributed by atoms with Crippen molar-refractivity contribution >= 4 is 8.32 Å². The molecule has 1 rings (SSSR count). The van der Waals surface area contributed by atoms with Crippen molar-refractivity contribution in [2.24, 2.45) is 5.73 Å². The average molecular weight is 290 g/mol. The molecule has 0 bridgehead atoms. The zero-order valence-corrected chi connectivity index (χ0v) is 14.2. The van der Waals surface area contributed by atoms with Crippen molar-refractivity contribution in [2.75, 3.05) is 6.61 Å². The molecule has 2 N–H and O–H groups in total. The fraction of sp³-hybridized carbons (Fsp3) is 0.562. The molecule has 1 aromatic carbocycles. The third kappa shape index (κ3) is 4.45. The van der Waals surface area contributed by atoms with Crippen LogP contribution < -0.4 is 5.73 Å². The third-order valence-corrected chi connectivity index (χ3v) is 8.68. The van der Waals surface area contributed by atoms with Crippen LogP contribution in [0.3, 0.4) is 0 Å². The zero-order chi connectivity index (χ0) is 15.4. The topological polar surface area (TPSA) is 59.0 Å². The molecule has 0 aromatic heterocycles. The highest BCUT2D eigenvalue weighted by atomic mass is 28.4. The molecule has 0 aliphatic rings. The SMILES string of the molecule is CC(C)(C)[Si](C)(C)OCC[C@H](N)c1cccc(C#N)c1. The second kappa shape index (κ2) is 6.53. The number of benzene rings is 1. The first-order chi connectivity index (χ1) is 9.17. The molecule has 0 radical (unpaired) electrons. The van der Waals surface area contributed by atoms with Gasteiger partial charge in [-0.05, 0) is 42.2 Å². The average Bonchev–Trinajstić information content (AvgIpc) is 2.37. The summed E-state index contributed by atoms with van der Waals surface area (Å²) in [4.78, 5) is 0. The molecule has 0 fully saturated rings. The molecule has 0 aliphatic carbocycles. The molecule has 0 saturated heterocycles. The Labute approximate surface area is 123 Å². The molecular formula is C16H26N2OSi. The summed E-state index contributed by atoms with van der Waals surface area (Å²) in [7, 11) is -1.70. The van der Waals surface area contributed by atoms with Crippen LogP contribution in [0.5, 0.6) is 0 Å². The molecular weight excluding hydrogens is 264 g/mol. The van der Waals surface area contributed by atoms with Crippen LogP contribution in [0.25, 0.3) is 0 Å². The molecule has 20 heavy (non-hydrogen) atoms. The summed E-state index contributed by atoms with van der Waals surface area (Å²) in [6, 6.07) is 9.57. The Balaban J connectivity index is 2.56. The van der Waals surface area contributed by atoms with Crippen LogP contribution >= 0.6 is 0 Å². The fourth-order valence-electron chi connectivity index (χ4n) is 1.66. The van der Waals surface area contributed by atoms with Gasteiger partial charge in [-0.2, -0.15) is 5.26 Å². The van der Waals surface area contributed by atoms with E-state index in [2.05, 4.69) is 39.9 Å². The van der Waals surface area contributed by atoms with Gasteiger partial charge in [0.25, 0.3) is 0 Å². The van der Waals surface area contributed by atoms with E-state index < -0.39 is 8.32 Å². The maximum atomic E-state index is 8.91. The highest BCUT2D eigenvalue weighted by Gasteiger charge is 2.36. The fourth-order valence-corrected chi connectivity index (χ4v) is 2.72. The van der Waals surface area contributed by atoms with E-state index in [0.29, 0.717) is 12.2 Å². The lowest BCUT2D eigenvalue weighted by molar-refractivity contribution is 0.272. The number of rotatable bonds is 5. The summed E-state index contributed by atoms with van der Waals surface area (Å²) in [6.07, 6.45) is 0.779. The van der Waals surface area contributed by atoms with E-state index in [9.17, 15) is 0 Å². The lowest BCUT2D eigenvalue weighted by Crippen LogP contribution is -2.41. The molecule has 3 nitrogen and oxygen atoms in total. The molecule has 0 spiro atoms. The van der Waals surface area contributed by atoms with Gasteiger partial charge < -0.3 is 10.2 Å². The Morgan fingerprint density at radius 3 is 2.55 bits per heavy atom. The minimum absolute atomic E-state index is 0.0759. The van der Waals surface area contributed by atoms with Gasteiger partial charge in [0.1, 0.15) is 0 Å². The van der Waals surface area contributed by atoms with Crippen molar-refractivity contribution in [3.8, 4) is 6.07 Å². The van der Waals surface area contributed by atoms with E-state index in [0.717, 1.165) is 12.0 Å². The van der Waals surface area contributed by atoms with Crippen LogP contribution in [-0.4, -0.2) is 14.9 Å². The molecule has 0 saturated carbocycles. The lowest BCUT2D eigenvalue weighted by Gasteiger charge is -2.36. The van der Waals surface area contributed by atoms with Crippen LogP contribution in [-0.2, 0) is 4.43 Å². The van der Waals surface area contributed by atoms with Gasteiger partial charge in [0.15, 0.2) is 8.32 Å². The Morgan fingerprint density at radius 2 is 2.00 bits per heavy atom. The second-order valence-corrected chi connectivity index (χ2v) is 11.6. The monoisotopic (exact) mass is 290 g/mol. The van der Waals surface area contributed by atoms with Crippen LogP contribution in [0.15, 0.2) is 24.3 Å². The first-order valence-electron chi connectivity index (χ1n) is 7.07. The van der Waals surface area contributed by atoms with Crippen molar-refractivity contribution in [1.29, 1.82) is 5.26 Å². The number of nitriles is 1. The van der Waals surface area contributed by atoms with Gasteiger partial charge in [-0.25, -0.2) is 0 Å². The molecule has 0 heterocycles. The first-order valence-corrected chi connectivity index (χ1v) is 9.98. The Hall–Kier alpha value is -1.15. The molecule has 0 unspecified atom stereocenters. The van der Waals surface area contributed by atoms with Crippen molar-refractivity contribution in [1.82, 2.24) is 0 Å².